The maximum absolute atomic E-state index is 11.6. The molecular weight excluding hydrogens is 274 g/mol. The molecule has 5 nitrogen and oxygen atoms in total. The number of hydrogen-bond donors (Lipinski definition) is 1. The molecule has 2 rings (SSSR count). The molecule has 0 radical (unpaired) electrons. The lowest BCUT2D eigenvalue weighted by Crippen LogP contribution is -2.56. The average molecular weight is 288 g/mol. The molecule has 1 aromatic rings. The van der Waals surface area contributed by atoms with Crippen LogP contribution in [-0.2, 0) is 16.1 Å². The van der Waals surface area contributed by atoms with Crippen molar-refractivity contribution in [1.82, 2.24) is 0 Å². The highest BCUT2D eigenvalue weighted by molar-refractivity contribution is 7.81. The van der Waals surface area contributed by atoms with Crippen molar-refractivity contribution in [3.05, 3.63) is 17.5 Å². The Labute approximate surface area is 112 Å². The molecule has 18 heavy (non-hydrogen) atoms. The van der Waals surface area contributed by atoms with Crippen LogP contribution in [0, 0.1) is 0 Å². The zero-order valence-corrected chi connectivity index (χ0v) is 11.3. The normalized spacial score (nSPS) is 20.3. The molecule has 1 aliphatic rings. The van der Waals surface area contributed by atoms with Crippen molar-refractivity contribution >= 4 is 33.6 Å². The van der Waals surface area contributed by atoms with Crippen molar-refractivity contribution in [2.45, 2.75) is 37.6 Å². The Morgan fingerprint density at radius 2 is 2.11 bits per heavy atom. The third-order valence-electron chi connectivity index (χ3n) is 3.32. The van der Waals surface area contributed by atoms with Crippen molar-refractivity contribution in [2.75, 3.05) is 4.31 Å². The third-order valence-corrected chi connectivity index (χ3v) is 5.14. The largest absolute Gasteiger partial charge is 0.755 e. The maximum Gasteiger partial charge on any atom is 0.330 e. The predicted octanol–water partition coefficient (Wildman–Crippen LogP) is 2.14. The van der Waals surface area contributed by atoms with Gasteiger partial charge in [-0.25, -0.2) is 4.79 Å². The highest BCUT2D eigenvalue weighted by atomic mass is 32.2. The molecule has 1 atom stereocenters. The molecule has 1 fully saturated rings. The van der Waals surface area contributed by atoms with Crippen LogP contribution >= 0.6 is 11.3 Å². The van der Waals surface area contributed by atoms with Crippen LogP contribution in [0.2, 0.25) is 0 Å². The minimum atomic E-state index is -2.58. The van der Waals surface area contributed by atoms with Gasteiger partial charge in [-0.15, -0.1) is 11.3 Å². The van der Waals surface area contributed by atoms with Gasteiger partial charge in [-0.05, 0) is 30.4 Å². The summed E-state index contributed by atoms with van der Waals surface area (Å²) in [4.78, 5) is 11.6. The van der Waals surface area contributed by atoms with Crippen LogP contribution in [0.3, 0.4) is 0 Å². The summed E-state index contributed by atoms with van der Waals surface area (Å²) in [6.45, 7) is 0. The van der Waals surface area contributed by atoms with Crippen LogP contribution in [0.15, 0.2) is 17.5 Å². The lowest BCUT2D eigenvalue weighted by molar-refractivity contribution is -0.144. The number of anilines is 1. The third kappa shape index (κ3) is 2.30. The summed E-state index contributed by atoms with van der Waals surface area (Å²) in [6.07, 6.45) is 3.18. The van der Waals surface area contributed by atoms with Gasteiger partial charge in [0.2, 0.25) is 0 Å². The summed E-state index contributed by atoms with van der Waals surface area (Å²) in [5.74, 6) is -1.06. The van der Waals surface area contributed by atoms with E-state index in [-0.39, 0.29) is 0 Å². The second-order valence-corrected chi connectivity index (χ2v) is 6.09. The van der Waals surface area contributed by atoms with E-state index in [9.17, 15) is 18.7 Å². The Morgan fingerprint density at radius 3 is 2.56 bits per heavy atom. The average Bonchev–Trinajstić information content (AvgIpc) is 2.83. The maximum atomic E-state index is 11.6. The standard InChI is InChI=1S/C11H15NO4S2/c13-10(14)11(6-2-1-3-7-11)12(18(15)16)9-5-4-8-17-9/h4-5,8H,1-3,6-7H2,(H,13,14)(H,15,16)/p-1. The quantitative estimate of drug-likeness (QED) is 0.861. The van der Waals surface area contributed by atoms with E-state index in [1.165, 1.54) is 11.3 Å². The summed E-state index contributed by atoms with van der Waals surface area (Å²) in [7, 11) is 0. The van der Waals surface area contributed by atoms with E-state index in [1.54, 1.807) is 17.5 Å². The Morgan fingerprint density at radius 1 is 1.44 bits per heavy atom. The van der Waals surface area contributed by atoms with Crippen molar-refractivity contribution in [1.29, 1.82) is 0 Å². The molecule has 0 saturated heterocycles. The number of rotatable bonds is 4. The number of thiophene rings is 1. The molecule has 0 amide bonds. The molecule has 1 aromatic heterocycles. The van der Waals surface area contributed by atoms with Crippen LogP contribution in [0.25, 0.3) is 0 Å². The summed E-state index contributed by atoms with van der Waals surface area (Å²) in [5, 5.41) is 11.7. The summed E-state index contributed by atoms with van der Waals surface area (Å²) < 4.78 is 24.0. The van der Waals surface area contributed by atoms with Crippen molar-refractivity contribution in [3.63, 3.8) is 0 Å². The van der Waals surface area contributed by atoms with Gasteiger partial charge < -0.3 is 9.66 Å². The first kappa shape index (κ1) is 13.5. The van der Waals surface area contributed by atoms with Gasteiger partial charge in [0.05, 0.1) is 0 Å². The van der Waals surface area contributed by atoms with E-state index in [0.717, 1.165) is 23.6 Å². The Bertz CT molecular complexity index is 440. The molecule has 100 valence electrons. The van der Waals surface area contributed by atoms with Crippen LogP contribution < -0.4 is 4.31 Å². The summed E-state index contributed by atoms with van der Waals surface area (Å²) in [5.41, 5.74) is -1.31. The first-order valence-corrected chi connectivity index (χ1v) is 7.65. The zero-order chi connectivity index (χ0) is 13.2. The fraction of sp³-hybridized carbons (Fsp3) is 0.545. The molecule has 1 heterocycles. The fourth-order valence-corrected chi connectivity index (χ4v) is 4.24. The van der Waals surface area contributed by atoms with E-state index in [0.29, 0.717) is 17.8 Å². The summed E-state index contributed by atoms with van der Waals surface area (Å²) in [6, 6.07) is 3.36. The van der Waals surface area contributed by atoms with Crippen molar-refractivity contribution in [3.8, 4) is 0 Å². The van der Waals surface area contributed by atoms with Gasteiger partial charge in [0.1, 0.15) is 5.00 Å². The Balaban J connectivity index is 2.44. The highest BCUT2D eigenvalue weighted by Gasteiger charge is 2.46. The van der Waals surface area contributed by atoms with E-state index in [2.05, 4.69) is 0 Å². The number of hydrogen-bond acceptors (Lipinski definition) is 4. The SMILES string of the molecule is O=C(O)C1(N(c2cccs2)S(=O)[O-])CCCCC1. The molecule has 1 unspecified atom stereocenters. The lowest BCUT2D eigenvalue weighted by atomic mass is 9.81. The number of aliphatic carboxylic acids is 1. The first-order valence-electron chi connectivity index (χ1n) is 5.74. The number of carboxylic acid groups (broad SMARTS) is 1. The Kier molecular flexibility index (Phi) is 4.04. The smallest absolute Gasteiger partial charge is 0.330 e. The molecule has 1 saturated carbocycles. The monoisotopic (exact) mass is 288 g/mol. The van der Waals surface area contributed by atoms with E-state index < -0.39 is 22.8 Å². The van der Waals surface area contributed by atoms with Crippen LogP contribution in [-0.4, -0.2) is 25.4 Å². The first-order chi connectivity index (χ1) is 8.58. The zero-order valence-electron chi connectivity index (χ0n) is 9.70. The molecule has 7 heteroatoms. The van der Waals surface area contributed by atoms with Gasteiger partial charge in [-0.1, -0.05) is 19.3 Å². The molecule has 1 N–H and O–H groups in total. The lowest BCUT2D eigenvalue weighted by Gasteiger charge is -2.43. The molecular formula is C11H14NO4S2-. The number of carbonyl (C=O) groups is 1. The molecule has 0 bridgehead atoms. The molecule has 1 aliphatic carbocycles. The van der Waals surface area contributed by atoms with Crippen LogP contribution in [0.1, 0.15) is 32.1 Å². The van der Waals surface area contributed by atoms with Gasteiger partial charge in [-0.2, -0.15) is 0 Å². The fourth-order valence-electron chi connectivity index (χ4n) is 2.45. The summed E-state index contributed by atoms with van der Waals surface area (Å²) >= 11 is -1.34. The number of nitrogens with zero attached hydrogens (tertiary/aromatic N) is 1. The van der Waals surface area contributed by atoms with Gasteiger partial charge in [0.15, 0.2) is 5.54 Å². The molecule has 0 aromatic carbocycles. The van der Waals surface area contributed by atoms with Crippen molar-refractivity contribution < 1.29 is 18.7 Å². The van der Waals surface area contributed by atoms with Gasteiger partial charge in [-0.3, -0.25) is 8.51 Å². The minimum Gasteiger partial charge on any atom is -0.755 e. The predicted molar refractivity (Wildman–Crippen MR) is 69.2 cm³/mol. The molecule has 0 aliphatic heterocycles. The molecule has 0 spiro atoms. The minimum absolute atomic E-state index is 0.369. The van der Waals surface area contributed by atoms with E-state index >= 15 is 0 Å². The topological polar surface area (TPSA) is 80.7 Å². The Hall–Kier alpha value is -0.920. The second kappa shape index (κ2) is 5.38. The number of carboxylic acids is 1. The highest BCUT2D eigenvalue weighted by Crippen LogP contribution is 2.39. The van der Waals surface area contributed by atoms with E-state index in [1.807, 2.05) is 0 Å². The van der Waals surface area contributed by atoms with Crippen molar-refractivity contribution in [2.24, 2.45) is 0 Å². The van der Waals surface area contributed by atoms with Crippen LogP contribution in [0.4, 0.5) is 5.00 Å². The van der Waals surface area contributed by atoms with Gasteiger partial charge in [0.25, 0.3) is 0 Å². The van der Waals surface area contributed by atoms with Gasteiger partial charge >= 0.3 is 5.97 Å². The second-order valence-electron chi connectivity index (χ2n) is 4.36. The van der Waals surface area contributed by atoms with E-state index in [4.69, 9.17) is 0 Å². The van der Waals surface area contributed by atoms with Crippen LogP contribution in [0.5, 0.6) is 0 Å². The van der Waals surface area contributed by atoms with Gasteiger partial charge in [0, 0.05) is 11.3 Å².